The highest BCUT2D eigenvalue weighted by molar-refractivity contribution is 5.97. The lowest BCUT2D eigenvalue weighted by atomic mass is 10.1. The predicted molar refractivity (Wildman–Crippen MR) is 116 cm³/mol. The van der Waals surface area contributed by atoms with E-state index in [1.54, 1.807) is 31.2 Å². The normalized spacial score (nSPS) is 11.6. The van der Waals surface area contributed by atoms with Gasteiger partial charge >= 0.3 is 5.97 Å². The first-order valence-electron chi connectivity index (χ1n) is 10.2. The zero-order valence-corrected chi connectivity index (χ0v) is 17.8. The number of hydrogen-bond donors (Lipinski definition) is 1. The molecule has 0 unspecified atom stereocenters. The second kappa shape index (κ2) is 11.2. The van der Waals surface area contributed by atoms with Gasteiger partial charge in [-0.15, -0.1) is 0 Å². The van der Waals surface area contributed by atoms with Gasteiger partial charge in [-0.1, -0.05) is 43.9 Å². The number of nitrogens with one attached hydrogen (secondary N) is 1. The number of hydrogen-bond acceptors (Lipinski definition) is 4. The highest BCUT2D eigenvalue weighted by Crippen LogP contribution is 2.17. The summed E-state index contributed by atoms with van der Waals surface area (Å²) in [6.07, 6.45) is 3.67. The van der Waals surface area contributed by atoms with Gasteiger partial charge in [-0.3, -0.25) is 4.79 Å². The van der Waals surface area contributed by atoms with Crippen molar-refractivity contribution < 1.29 is 19.1 Å². The van der Waals surface area contributed by atoms with Crippen molar-refractivity contribution in [2.24, 2.45) is 0 Å². The van der Waals surface area contributed by atoms with E-state index in [0.29, 0.717) is 17.9 Å². The fourth-order valence-electron chi connectivity index (χ4n) is 2.88. The lowest BCUT2D eigenvalue weighted by molar-refractivity contribution is -0.123. The SMILES string of the molecule is CCCCCCOc1ccc(C(=O)O[C@H](C)C(=O)Nc2ccc(C)cc2C)cc1. The monoisotopic (exact) mass is 397 g/mol. The van der Waals surface area contributed by atoms with Gasteiger partial charge in [0.1, 0.15) is 5.75 Å². The summed E-state index contributed by atoms with van der Waals surface area (Å²) in [5, 5.41) is 2.80. The number of rotatable bonds is 10. The van der Waals surface area contributed by atoms with Gasteiger partial charge in [-0.25, -0.2) is 4.79 Å². The van der Waals surface area contributed by atoms with E-state index in [-0.39, 0.29) is 5.91 Å². The molecule has 2 aromatic carbocycles. The lowest BCUT2D eigenvalue weighted by Gasteiger charge is -2.15. The molecule has 0 fully saturated rings. The molecule has 5 heteroatoms. The molecule has 2 rings (SSSR count). The Morgan fingerprint density at radius 1 is 1.00 bits per heavy atom. The van der Waals surface area contributed by atoms with E-state index in [0.717, 1.165) is 29.7 Å². The van der Waals surface area contributed by atoms with Crippen molar-refractivity contribution in [2.75, 3.05) is 11.9 Å². The summed E-state index contributed by atoms with van der Waals surface area (Å²) in [5.41, 5.74) is 3.17. The number of anilines is 1. The Morgan fingerprint density at radius 2 is 1.72 bits per heavy atom. The van der Waals surface area contributed by atoms with E-state index < -0.39 is 12.1 Å². The zero-order chi connectivity index (χ0) is 21.2. The molecule has 0 aromatic heterocycles. The van der Waals surface area contributed by atoms with Crippen LogP contribution in [-0.4, -0.2) is 24.6 Å². The minimum absolute atomic E-state index is 0.364. The van der Waals surface area contributed by atoms with Gasteiger partial charge in [-0.2, -0.15) is 0 Å². The molecular weight excluding hydrogens is 366 g/mol. The molecule has 29 heavy (non-hydrogen) atoms. The fraction of sp³-hybridized carbons (Fsp3) is 0.417. The van der Waals surface area contributed by atoms with Crippen LogP contribution < -0.4 is 10.1 Å². The van der Waals surface area contributed by atoms with Gasteiger partial charge in [0.2, 0.25) is 0 Å². The number of ether oxygens (including phenoxy) is 2. The molecule has 1 atom stereocenters. The molecule has 2 aromatic rings. The Labute approximate surface area is 173 Å². The van der Waals surface area contributed by atoms with Crippen molar-refractivity contribution >= 4 is 17.6 Å². The summed E-state index contributed by atoms with van der Waals surface area (Å²) >= 11 is 0. The van der Waals surface area contributed by atoms with Crippen LogP contribution in [0.2, 0.25) is 0 Å². The first-order valence-corrected chi connectivity index (χ1v) is 10.2. The number of aryl methyl sites for hydroxylation is 2. The van der Waals surface area contributed by atoms with Crippen LogP contribution in [0.5, 0.6) is 5.75 Å². The van der Waals surface area contributed by atoms with Crippen molar-refractivity contribution in [1.29, 1.82) is 0 Å². The van der Waals surface area contributed by atoms with Gasteiger partial charge in [0.15, 0.2) is 6.10 Å². The third kappa shape index (κ3) is 7.26. The molecule has 1 N–H and O–H groups in total. The van der Waals surface area contributed by atoms with Crippen LogP contribution in [0.15, 0.2) is 42.5 Å². The molecule has 0 bridgehead atoms. The fourth-order valence-corrected chi connectivity index (χ4v) is 2.88. The second-order valence-electron chi connectivity index (χ2n) is 7.29. The molecule has 0 aliphatic rings. The van der Waals surface area contributed by atoms with Gasteiger partial charge in [-0.05, 0) is 63.1 Å². The lowest BCUT2D eigenvalue weighted by Crippen LogP contribution is -2.30. The van der Waals surface area contributed by atoms with E-state index >= 15 is 0 Å². The number of unbranched alkanes of at least 4 members (excludes halogenated alkanes) is 3. The maximum atomic E-state index is 12.4. The van der Waals surface area contributed by atoms with Gasteiger partial charge in [0.25, 0.3) is 5.91 Å². The van der Waals surface area contributed by atoms with Crippen LogP contribution in [0.25, 0.3) is 0 Å². The molecule has 0 saturated carbocycles. The highest BCUT2D eigenvalue weighted by atomic mass is 16.5. The van der Waals surface area contributed by atoms with Crippen molar-refractivity contribution in [1.82, 2.24) is 0 Å². The molecule has 0 heterocycles. The average molecular weight is 398 g/mol. The molecule has 0 aliphatic carbocycles. The van der Waals surface area contributed by atoms with Crippen molar-refractivity contribution in [2.45, 2.75) is 59.5 Å². The Hall–Kier alpha value is -2.82. The summed E-state index contributed by atoms with van der Waals surface area (Å²) < 4.78 is 11.0. The Balaban J connectivity index is 1.84. The number of benzene rings is 2. The zero-order valence-electron chi connectivity index (χ0n) is 17.8. The number of carbonyl (C=O) groups excluding carboxylic acids is 2. The Bertz CT molecular complexity index is 814. The molecule has 0 saturated heterocycles. The number of carbonyl (C=O) groups is 2. The van der Waals surface area contributed by atoms with Crippen LogP contribution in [0.3, 0.4) is 0 Å². The number of amides is 1. The summed E-state index contributed by atoms with van der Waals surface area (Å²) in [6.45, 7) is 8.31. The predicted octanol–water partition coefficient (Wildman–Crippen LogP) is 5.45. The van der Waals surface area contributed by atoms with Gasteiger partial charge in [0.05, 0.1) is 12.2 Å². The molecule has 0 spiro atoms. The van der Waals surface area contributed by atoms with E-state index in [1.807, 2.05) is 32.0 Å². The average Bonchev–Trinajstić information content (AvgIpc) is 2.70. The van der Waals surface area contributed by atoms with E-state index in [9.17, 15) is 9.59 Å². The number of esters is 1. The smallest absolute Gasteiger partial charge is 0.338 e. The van der Waals surface area contributed by atoms with Crippen molar-refractivity contribution in [3.63, 3.8) is 0 Å². The largest absolute Gasteiger partial charge is 0.494 e. The minimum Gasteiger partial charge on any atom is -0.494 e. The summed E-state index contributed by atoms with van der Waals surface area (Å²) in [5.74, 6) is -0.182. The Kier molecular flexibility index (Phi) is 8.71. The maximum absolute atomic E-state index is 12.4. The van der Waals surface area contributed by atoms with Crippen LogP contribution in [0.4, 0.5) is 5.69 Å². The highest BCUT2D eigenvalue weighted by Gasteiger charge is 2.19. The summed E-state index contributed by atoms with van der Waals surface area (Å²) in [6, 6.07) is 12.6. The summed E-state index contributed by atoms with van der Waals surface area (Å²) in [7, 11) is 0. The van der Waals surface area contributed by atoms with Crippen molar-refractivity contribution in [3.05, 3.63) is 59.2 Å². The van der Waals surface area contributed by atoms with E-state index in [4.69, 9.17) is 9.47 Å². The summed E-state index contributed by atoms with van der Waals surface area (Å²) in [4.78, 5) is 24.7. The molecule has 0 radical (unpaired) electrons. The third-order valence-corrected chi connectivity index (χ3v) is 4.65. The van der Waals surface area contributed by atoms with Gasteiger partial charge in [0, 0.05) is 5.69 Å². The quantitative estimate of drug-likeness (QED) is 0.428. The van der Waals surface area contributed by atoms with Crippen LogP contribution in [0, 0.1) is 13.8 Å². The first-order chi connectivity index (χ1) is 13.9. The van der Waals surface area contributed by atoms with Crippen LogP contribution in [0.1, 0.15) is 61.0 Å². The standard InChI is InChI=1S/C24H31NO4/c1-5-6-7-8-15-28-21-12-10-20(11-13-21)24(27)29-19(4)23(26)25-22-14-9-17(2)16-18(22)3/h9-14,16,19H,5-8,15H2,1-4H3,(H,25,26)/t19-/m1/s1. The Morgan fingerprint density at radius 3 is 2.38 bits per heavy atom. The maximum Gasteiger partial charge on any atom is 0.338 e. The first kappa shape index (κ1) is 22.5. The van der Waals surface area contributed by atoms with E-state index in [2.05, 4.69) is 12.2 Å². The van der Waals surface area contributed by atoms with E-state index in [1.165, 1.54) is 12.8 Å². The molecule has 5 nitrogen and oxygen atoms in total. The molecule has 1 amide bonds. The molecule has 156 valence electrons. The molecule has 0 aliphatic heterocycles. The topological polar surface area (TPSA) is 64.6 Å². The molecular formula is C24H31NO4. The van der Waals surface area contributed by atoms with Crippen molar-refractivity contribution in [3.8, 4) is 5.75 Å². The second-order valence-corrected chi connectivity index (χ2v) is 7.29. The van der Waals surface area contributed by atoms with Crippen LogP contribution in [-0.2, 0) is 9.53 Å². The third-order valence-electron chi connectivity index (χ3n) is 4.65. The minimum atomic E-state index is -0.905. The van der Waals surface area contributed by atoms with Crippen LogP contribution >= 0.6 is 0 Å². The van der Waals surface area contributed by atoms with Gasteiger partial charge < -0.3 is 14.8 Å².